The first-order chi connectivity index (χ1) is 10.4. The number of H-pyrrole nitrogens is 1. The number of hydrogen-bond acceptors (Lipinski definition) is 5. The Kier molecular flexibility index (Phi) is 4.16. The maximum Gasteiger partial charge on any atom is 0.217 e. The van der Waals surface area contributed by atoms with Crippen LogP contribution in [0.3, 0.4) is 0 Å². The third kappa shape index (κ3) is 3.29. The van der Waals surface area contributed by atoms with Gasteiger partial charge < -0.3 is 0 Å². The van der Waals surface area contributed by atoms with Crippen LogP contribution in [0.25, 0.3) is 11.4 Å². The van der Waals surface area contributed by atoms with Gasteiger partial charge in [-0.25, -0.2) is 13.1 Å². The Bertz CT molecular complexity index is 811. The lowest BCUT2D eigenvalue weighted by Crippen LogP contribution is -2.34. The van der Waals surface area contributed by atoms with Gasteiger partial charge in [-0.3, -0.25) is 10.00 Å². The number of benzene rings is 1. The van der Waals surface area contributed by atoms with Crippen molar-refractivity contribution >= 4 is 22.1 Å². The average Bonchev–Trinajstić information content (AvgIpc) is 3.03. The second-order valence-electron chi connectivity index (χ2n) is 5.60. The van der Waals surface area contributed by atoms with Gasteiger partial charge in [-0.05, 0) is 25.7 Å². The predicted molar refractivity (Wildman–Crippen MR) is 87.7 cm³/mol. The summed E-state index contributed by atoms with van der Waals surface area (Å²) < 4.78 is 25.4. The normalized spacial score (nSPS) is 20.5. The van der Waals surface area contributed by atoms with E-state index in [1.54, 1.807) is 4.68 Å². The van der Waals surface area contributed by atoms with Gasteiger partial charge in [-0.1, -0.05) is 30.3 Å². The molecule has 1 saturated heterocycles. The minimum atomic E-state index is -2.88. The molecule has 2 aromatic rings. The fourth-order valence-corrected chi connectivity index (χ4v) is 4.64. The molecule has 1 N–H and O–H groups in total. The largest absolute Gasteiger partial charge is 0.283 e. The number of aromatic amines is 1. The van der Waals surface area contributed by atoms with E-state index >= 15 is 0 Å². The third-order valence-corrected chi connectivity index (χ3v) is 5.98. The second kappa shape index (κ2) is 5.94. The smallest absolute Gasteiger partial charge is 0.217 e. The number of nitrogens with zero attached hydrogens (tertiary/aromatic N) is 3. The molecule has 118 valence electrons. The molecule has 0 saturated carbocycles. The highest BCUT2D eigenvalue weighted by Crippen LogP contribution is 2.18. The molecule has 2 heterocycles. The Hall–Kier alpha value is -1.51. The first kappa shape index (κ1) is 15.4. The summed E-state index contributed by atoms with van der Waals surface area (Å²) in [7, 11) is -0.970. The molecule has 1 unspecified atom stereocenters. The van der Waals surface area contributed by atoms with Crippen molar-refractivity contribution < 1.29 is 8.42 Å². The predicted octanol–water partition coefficient (Wildman–Crippen LogP) is 1.68. The van der Waals surface area contributed by atoms with Gasteiger partial charge in [0.2, 0.25) is 4.77 Å². The molecule has 22 heavy (non-hydrogen) atoms. The van der Waals surface area contributed by atoms with Crippen LogP contribution in [0.2, 0.25) is 0 Å². The SMILES string of the molecule is CN(Cn1[nH]c(-c2ccccc2)nc1=S)C1CCS(=O)(=O)C1. The highest BCUT2D eigenvalue weighted by atomic mass is 32.2. The van der Waals surface area contributed by atoms with Crippen molar-refractivity contribution in [3.8, 4) is 11.4 Å². The van der Waals surface area contributed by atoms with Crippen molar-refractivity contribution in [3.05, 3.63) is 35.1 Å². The molecule has 0 aliphatic carbocycles. The van der Waals surface area contributed by atoms with Crippen LogP contribution in [-0.4, -0.2) is 52.7 Å². The molecular formula is C14H18N4O2S2. The third-order valence-electron chi connectivity index (χ3n) is 3.92. The number of sulfone groups is 1. The number of nitrogens with one attached hydrogen (secondary N) is 1. The van der Waals surface area contributed by atoms with E-state index in [-0.39, 0.29) is 17.5 Å². The molecule has 1 aromatic carbocycles. The summed E-state index contributed by atoms with van der Waals surface area (Å²) in [5.74, 6) is 1.21. The summed E-state index contributed by atoms with van der Waals surface area (Å²) in [6.07, 6.45) is 0.672. The molecule has 1 fully saturated rings. The van der Waals surface area contributed by atoms with Gasteiger partial charge in [0.25, 0.3) is 0 Å². The van der Waals surface area contributed by atoms with Gasteiger partial charge in [0.1, 0.15) is 0 Å². The molecule has 1 aliphatic rings. The van der Waals surface area contributed by atoms with Crippen molar-refractivity contribution in [2.45, 2.75) is 19.1 Å². The van der Waals surface area contributed by atoms with E-state index in [0.29, 0.717) is 17.9 Å². The Morgan fingerprint density at radius 3 is 2.77 bits per heavy atom. The summed E-state index contributed by atoms with van der Waals surface area (Å²) in [5.41, 5.74) is 0.971. The van der Waals surface area contributed by atoms with Crippen molar-refractivity contribution in [1.29, 1.82) is 0 Å². The minimum absolute atomic E-state index is 0.0374. The Morgan fingerprint density at radius 2 is 2.14 bits per heavy atom. The van der Waals surface area contributed by atoms with Crippen LogP contribution in [0.4, 0.5) is 0 Å². The number of rotatable bonds is 4. The zero-order valence-electron chi connectivity index (χ0n) is 12.3. The van der Waals surface area contributed by atoms with Gasteiger partial charge in [0, 0.05) is 11.6 Å². The fourth-order valence-electron chi connectivity index (χ4n) is 2.64. The summed E-state index contributed by atoms with van der Waals surface area (Å²) in [5, 5.41) is 3.18. The van der Waals surface area contributed by atoms with Crippen LogP contribution in [0.15, 0.2) is 30.3 Å². The molecule has 1 aliphatic heterocycles. The van der Waals surface area contributed by atoms with E-state index in [9.17, 15) is 8.42 Å². The first-order valence-corrected chi connectivity index (χ1v) is 9.30. The molecule has 1 atom stereocenters. The molecule has 3 rings (SSSR count). The molecule has 0 spiro atoms. The van der Waals surface area contributed by atoms with Crippen molar-refractivity contribution in [3.63, 3.8) is 0 Å². The Balaban J connectivity index is 1.76. The van der Waals surface area contributed by atoms with Gasteiger partial charge in [0.05, 0.1) is 18.2 Å². The van der Waals surface area contributed by atoms with E-state index in [1.165, 1.54) is 0 Å². The zero-order valence-corrected chi connectivity index (χ0v) is 13.9. The summed E-state index contributed by atoms with van der Waals surface area (Å²) in [6, 6.07) is 9.80. The standard InChI is InChI=1S/C14H18N4O2S2/c1-17(12-7-8-22(19,20)9-12)10-18-14(21)15-13(16-18)11-5-3-2-4-6-11/h2-6,12H,7-10H2,1H3,(H,15,16,21). The molecule has 0 radical (unpaired) electrons. The maximum atomic E-state index is 11.6. The molecular weight excluding hydrogens is 320 g/mol. The lowest BCUT2D eigenvalue weighted by Gasteiger charge is -2.22. The topological polar surface area (TPSA) is 71.0 Å². The molecule has 0 amide bonds. The van der Waals surface area contributed by atoms with Gasteiger partial charge >= 0.3 is 0 Å². The number of aromatic nitrogens is 3. The average molecular weight is 338 g/mol. The monoisotopic (exact) mass is 338 g/mol. The van der Waals surface area contributed by atoms with Crippen LogP contribution in [0.1, 0.15) is 6.42 Å². The van der Waals surface area contributed by atoms with Gasteiger partial charge in [-0.15, -0.1) is 0 Å². The van der Waals surface area contributed by atoms with E-state index in [2.05, 4.69) is 10.1 Å². The van der Waals surface area contributed by atoms with Gasteiger partial charge in [0.15, 0.2) is 15.7 Å². The van der Waals surface area contributed by atoms with E-state index in [0.717, 1.165) is 11.4 Å². The quantitative estimate of drug-likeness (QED) is 0.859. The zero-order chi connectivity index (χ0) is 15.7. The Labute approximate surface area is 134 Å². The molecule has 8 heteroatoms. The van der Waals surface area contributed by atoms with Crippen molar-refractivity contribution in [2.24, 2.45) is 0 Å². The summed E-state index contributed by atoms with van der Waals surface area (Å²) >= 11 is 5.29. The molecule has 6 nitrogen and oxygen atoms in total. The van der Waals surface area contributed by atoms with Crippen molar-refractivity contribution in [1.82, 2.24) is 19.7 Å². The second-order valence-corrected chi connectivity index (χ2v) is 8.20. The Morgan fingerprint density at radius 1 is 1.41 bits per heavy atom. The molecule has 0 bridgehead atoms. The van der Waals surface area contributed by atoms with E-state index in [4.69, 9.17) is 12.2 Å². The summed E-state index contributed by atoms with van der Waals surface area (Å²) in [6.45, 7) is 0.499. The van der Waals surface area contributed by atoms with Crippen LogP contribution in [0.5, 0.6) is 0 Å². The maximum absolute atomic E-state index is 11.6. The van der Waals surface area contributed by atoms with Crippen molar-refractivity contribution in [2.75, 3.05) is 18.6 Å². The van der Waals surface area contributed by atoms with E-state index < -0.39 is 9.84 Å². The minimum Gasteiger partial charge on any atom is -0.283 e. The highest BCUT2D eigenvalue weighted by molar-refractivity contribution is 7.91. The lowest BCUT2D eigenvalue weighted by atomic mass is 10.2. The lowest BCUT2D eigenvalue weighted by molar-refractivity contribution is 0.197. The van der Waals surface area contributed by atoms with Crippen LogP contribution >= 0.6 is 12.2 Å². The van der Waals surface area contributed by atoms with Gasteiger partial charge in [-0.2, -0.15) is 4.98 Å². The molecule has 1 aromatic heterocycles. The van der Waals surface area contributed by atoms with Crippen LogP contribution in [0, 0.1) is 4.77 Å². The number of hydrogen-bond donors (Lipinski definition) is 1. The van der Waals surface area contributed by atoms with Crippen LogP contribution in [-0.2, 0) is 16.5 Å². The van der Waals surface area contributed by atoms with E-state index in [1.807, 2.05) is 42.3 Å². The first-order valence-electron chi connectivity index (χ1n) is 7.07. The summed E-state index contributed by atoms with van der Waals surface area (Å²) in [4.78, 5) is 6.37. The van der Waals surface area contributed by atoms with Crippen LogP contribution < -0.4 is 0 Å². The highest BCUT2D eigenvalue weighted by Gasteiger charge is 2.30. The fraction of sp³-hybridized carbons (Fsp3) is 0.429.